The van der Waals surface area contributed by atoms with Gasteiger partial charge in [0.25, 0.3) is 5.56 Å². The zero-order valence-corrected chi connectivity index (χ0v) is 14.4. The number of aliphatic imine (C=N–C) groups is 1. The van der Waals surface area contributed by atoms with Crippen molar-refractivity contribution in [2.45, 2.75) is 13.0 Å². The molecule has 0 aromatic carbocycles. The molecule has 1 fully saturated rings. The number of ether oxygens (including phenoxy) is 1. The van der Waals surface area contributed by atoms with Crippen LogP contribution in [0.2, 0.25) is 0 Å². The molecule has 2 aromatic heterocycles. The Labute approximate surface area is 149 Å². The predicted molar refractivity (Wildman–Crippen MR) is 95.1 cm³/mol. The van der Waals surface area contributed by atoms with Gasteiger partial charge >= 0.3 is 5.69 Å². The first-order valence-electron chi connectivity index (χ1n) is 8.53. The lowest BCUT2D eigenvalue weighted by Gasteiger charge is -2.26. The summed E-state index contributed by atoms with van der Waals surface area (Å²) in [6.45, 7) is 4.79. The topological polar surface area (TPSA) is 113 Å². The number of hydrogen-bond acceptors (Lipinski definition) is 7. The monoisotopic (exact) mass is 362 g/mol. The van der Waals surface area contributed by atoms with Crippen molar-refractivity contribution in [1.29, 1.82) is 0 Å². The second kappa shape index (κ2) is 8.63. The zero-order valence-electron chi connectivity index (χ0n) is 14.4. The third-order valence-corrected chi connectivity index (χ3v) is 4.19. The van der Waals surface area contributed by atoms with Gasteiger partial charge in [-0.05, 0) is 18.6 Å². The van der Waals surface area contributed by atoms with Gasteiger partial charge in [-0.3, -0.25) is 24.2 Å². The molecule has 140 valence electrons. The molecule has 2 aromatic rings. The van der Waals surface area contributed by atoms with E-state index in [1.807, 2.05) is 0 Å². The number of H-pyrrole nitrogens is 1. The van der Waals surface area contributed by atoms with Gasteiger partial charge in [0, 0.05) is 32.4 Å². The zero-order chi connectivity index (χ0) is 18.4. The highest BCUT2D eigenvalue weighted by atomic mass is 16.5. The fourth-order valence-electron chi connectivity index (χ4n) is 2.76. The van der Waals surface area contributed by atoms with E-state index in [9.17, 15) is 14.7 Å². The lowest BCUT2D eigenvalue weighted by atomic mass is 10.3. The van der Waals surface area contributed by atoms with Gasteiger partial charge in [0.05, 0.1) is 26.0 Å². The van der Waals surface area contributed by atoms with Crippen LogP contribution in [0.15, 0.2) is 37.4 Å². The first-order valence-corrected chi connectivity index (χ1v) is 8.53. The van der Waals surface area contributed by atoms with Crippen LogP contribution >= 0.6 is 0 Å². The van der Waals surface area contributed by atoms with E-state index in [1.54, 1.807) is 12.1 Å². The molecular weight excluding hydrogens is 340 g/mol. The third-order valence-electron chi connectivity index (χ3n) is 4.19. The SMILES string of the molecule is O=c1[nH]c(=O)n(Cc2ccco2)c(O)c1C=NCCCN1CCOCC1. The van der Waals surface area contributed by atoms with Gasteiger partial charge in [-0.25, -0.2) is 4.79 Å². The Bertz CT molecular complexity index is 847. The van der Waals surface area contributed by atoms with E-state index >= 15 is 0 Å². The van der Waals surface area contributed by atoms with Crippen LogP contribution in [0.1, 0.15) is 17.7 Å². The lowest BCUT2D eigenvalue weighted by Crippen LogP contribution is -2.37. The van der Waals surface area contributed by atoms with Gasteiger partial charge < -0.3 is 14.3 Å². The second-order valence-electron chi connectivity index (χ2n) is 6.00. The van der Waals surface area contributed by atoms with Gasteiger partial charge in [-0.15, -0.1) is 0 Å². The molecule has 0 bridgehead atoms. The molecule has 1 aliphatic heterocycles. The van der Waals surface area contributed by atoms with Crippen molar-refractivity contribution in [3.63, 3.8) is 0 Å². The van der Waals surface area contributed by atoms with Crippen LogP contribution < -0.4 is 11.2 Å². The molecular formula is C17H22N4O5. The van der Waals surface area contributed by atoms with Crippen molar-refractivity contribution >= 4 is 6.21 Å². The number of aromatic hydroxyl groups is 1. The van der Waals surface area contributed by atoms with E-state index in [0.717, 1.165) is 43.8 Å². The molecule has 0 aliphatic carbocycles. The fourth-order valence-corrected chi connectivity index (χ4v) is 2.76. The maximum Gasteiger partial charge on any atom is 0.331 e. The maximum absolute atomic E-state index is 12.0. The van der Waals surface area contributed by atoms with E-state index in [2.05, 4.69) is 14.9 Å². The molecule has 3 heterocycles. The summed E-state index contributed by atoms with van der Waals surface area (Å²) >= 11 is 0. The summed E-state index contributed by atoms with van der Waals surface area (Å²) in [6.07, 6.45) is 3.62. The first kappa shape index (κ1) is 18.2. The molecule has 0 radical (unpaired) electrons. The van der Waals surface area contributed by atoms with Crippen molar-refractivity contribution in [3.8, 4) is 5.88 Å². The van der Waals surface area contributed by atoms with Crippen LogP contribution in [-0.2, 0) is 11.3 Å². The number of aromatic amines is 1. The van der Waals surface area contributed by atoms with Crippen molar-refractivity contribution in [3.05, 3.63) is 50.6 Å². The summed E-state index contributed by atoms with van der Waals surface area (Å²) in [5.41, 5.74) is -1.41. The molecule has 9 nitrogen and oxygen atoms in total. The van der Waals surface area contributed by atoms with E-state index < -0.39 is 17.1 Å². The summed E-state index contributed by atoms with van der Waals surface area (Å²) in [6, 6.07) is 3.36. The molecule has 1 aliphatic rings. The molecule has 0 amide bonds. The van der Waals surface area contributed by atoms with Crippen molar-refractivity contribution in [2.24, 2.45) is 4.99 Å². The average molecular weight is 362 g/mol. The Morgan fingerprint density at radius 2 is 2.12 bits per heavy atom. The van der Waals surface area contributed by atoms with Gasteiger partial charge in [0.2, 0.25) is 5.88 Å². The van der Waals surface area contributed by atoms with Crippen LogP contribution in [0.25, 0.3) is 0 Å². The number of furan rings is 1. The fraction of sp³-hybridized carbons (Fsp3) is 0.471. The lowest BCUT2D eigenvalue weighted by molar-refractivity contribution is 0.0377. The van der Waals surface area contributed by atoms with E-state index in [0.29, 0.717) is 12.3 Å². The standard InChI is InChI=1S/C17H22N4O5/c22-15-14(11-18-4-2-5-20-6-9-25-10-7-20)16(23)21(17(24)19-15)12-13-3-1-8-26-13/h1,3,8,11,23H,2,4-7,9-10,12H2,(H,19,22,24). The van der Waals surface area contributed by atoms with Crippen molar-refractivity contribution < 1.29 is 14.3 Å². The minimum Gasteiger partial charge on any atom is -0.494 e. The molecule has 2 N–H and O–H groups in total. The smallest absolute Gasteiger partial charge is 0.331 e. The van der Waals surface area contributed by atoms with Crippen LogP contribution in [0.3, 0.4) is 0 Å². The summed E-state index contributed by atoms with van der Waals surface area (Å²) in [5.74, 6) is 0.0647. The molecule has 26 heavy (non-hydrogen) atoms. The second-order valence-corrected chi connectivity index (χ2v) is 6.00. The number of rotatable bonds is 7. The maximum atomic E-state index is 12.0. The first-order chi connectivity index (χ1) is 12.6. The van der Waals surface area contributed by atoms with Gasteiger partial charge in [-0.1, -0.05) is 0 Å². The largest absolute Gasteiger partial charge is 0.494 e. The Balaban J connectivity index is 1.64. The van der Waals surface area contributed by atoms with E-state index in [-0.39, 0.29) is 12.1 Å². The Kier molecular flexibility index (Phi) is 6.03. The Morgan fingerprint density at radius 3 is 2.85 bits per heavy atom. The molecule has 0 atom stereocenters. The van der Waals surface area contributed by atoms with Gasteiger partial charge in [0.1, 0.15) is 11.3 Å². The van der Waals surface area contributed by atoms with Crippen molar-refractivity contribution in [1.82, 2.24) is 14.5 Å². The molecule has 0 saturated carbocycles. The van der Waals surface area contributed by atoms with E-state index in [4.69, 9.17) is 9.15 Å². The average Bonchev–Trinajstić information content (AvgIpc) is 3.15. The quantitative estimate of drug-likeness (QED) is 0.530. The summed E-state index contributed by atoms with van der Waals surface area (Å²) < 4.78 is 11.5. The van der Waals surface area contributed by atoms with Crippen LogP contribution in [0, 0.1) is 0 Å². The van der Waals surface area contributed by atoms with Crippen LogP contribution in [-0.4, -0.2) is 65.2 Å². The summed E-state index contributed by atoms with van der Waals surface area (Å²) in [7, 11) is 0. The highest BCUT2D eigenvalue weighted by Crippen LogP contribution is 2.11. The van der Waals surface area contributed by atoms with Crippen LogP contribution in [0.5, 0.6) is 5.88 Å². The van der Waals surface area contributed by atoms with Crippen molar-refractivity contribution in [2.75, 3.05) is 39.4 Å². The molecule has 9 heteroatoms. The third kappa shape index (κ3) is 4.50. The number of morpholine rings is 1. The minimum absolute atomic E-state index is 0.0202. The minimum atomic E-state index is -0.701. The number of nitrogens with zero attached hydrogens (tertiary/aromatic N) is 3. The number of aromatic nitrogens is 2. The van der Waals surface area contributed by atoms with Gasteiger partial charge in [0.15, 0.2) is 0 Å². The summed E-state index contributed by atoms with van der Waals surface area (Å²) in [5, 5.41) is 10.3. The summed E-state index contributed by atoms with van der Waals surface area (Å²) in [4.78, 5) is 32.6. The molecule has 0 spiro atoms. The number of nitrogens with one attached hydrogen (secondary N) is 1. The highest BCUT2D eigenvalue weighted by molar-refractivity contribution is 5.81. The Hall–Kier alpha value is -2.65. The number of hydrogen-bond donors (Lipinski definition) is 2. The predicted octanol–water partition coefficient (Wildman–Crippen LogP) is 0.0247. The molecule has 1 saturated heterocycles. The highest BCUT2D eigenvalue weighted by Gasteiger charge is 2.14. The Morgan fingerprint density at radius 1 is 1.31 bits per heavy atom. The molecule has 3 rings (SSSR count). The van der Waals surface area contributed by atoms with Crippen LogP contribution in [0.4, 0.5) is 0 Å². The molecule has 0 unspecified atom stereocenters. The van der Waals surface area contributed by atoms with E-state index in [1.165, 1.54) is 12.5 Å². The van der Waals surface area contributed by atoms with Gasteiger partial charge in [-0.2, -0.15) is 0 Å². The normalized spacial score (nSPS) is 15.7.